The van der Waals surface area contributed by atoms with Gasteiger partial charge in [-0.25, -0.2) is 0 Å². The van der Waals surface area contributed by atoms with Gasteiger partial charge >= 0.3 is 0 Å². The van der Waals surface area contributed by atoms with Crippen LogP contribution in [0.2, 0.25) is 5.02 Å². The lowest BCUT2D eigenvalue weighted by molar-refractivity contribution is 0.470. The Morgan fingerprint density at radius 3 is 2.88 bits per heavy atom. The number of nitrogens with one attached hydrogen (secondary N) is 1. The molecule has 1 aromatic rings. The molecule has 0 aromatic heterocycles. The van der Waals surface area contributed by atoms with Crippen LogP contribution in [-0.4, -0.2) is 6.54 Å². The number of rotatable bonds is 4. The maximum Gasteiger partial charge on any atom is 0.0548 e. The van der Waals surface area contributed by atoms with Crippen molar-refractivity contribution in [3.8, 4) is 0 Å². The summed E-state index contributed by atoms with van der Waals surface area (Å²) in [6, 6.07) is 6.12. The summed E-state index contributed by atoms with van der Waals surface area (Å²) in [4.78, 5) is 0. The SMILES string of the molecule is CC1CCC(CNCc2ccc(Cl)c(Br)c2)C1. The highest BCUT2D eigenvalue weighted by Crippen LogP contribution is 2.29. The highest BCUT2D eigenvalue weighted by Gasteiger charge is 2.20. The molecule has 0 bridgehead atoms. The fourth-order valence-corrected chi connectivity index (χ4v) is 3.12. The topological polar surface area (TPSA) is 12.0 Å². The Hall–Kier alpha value is -0.0500. The number of hydrogen-bond acceptors (Lipinski definition) is 1. The summed E-state index contributed by atoms with van der Waals surface area (Å²) < 4.78 is 0.980. The van der Waals surface area contributed by atoms with Crippen molar-refractivity contribution in [1.29, 1.82) is 0 Å². The highest BCUT2D eigenvalue weighted by atomic mass is 79.9. The molecular weight excluding hydrogens is 298 g/mol. The minimum atomic E-state index is 0.776. The van der Waals surface area contributed by atoms with Crippen LogP contribution in [0.25, 0.3) is 0 Å². The summed E-state index contributed by atoms with van der Waals surface area (Å²) >= 11 is 9.42. The zero-order valence-electron chi connectivity index (χ0n) is 10.2. The van der Waals surface area contributed by atoms with Crippen molar-refractivity contribution in [2.75, 3.05) is 6.54 Å². The van der Waals surface area contributed by atoms with E-state index in [0.29, 0.717) is 0 Å². The van der Waals surface area contributed by atoms with Crippen molar-refractivity contribution >= 4 is 27.5 Å². The van der Waals surface area contributed by atoms with Gasteiger partial charge in [0.2, 0.25) is 0 Å². The molecule has 3 heteroatoms. The molecule has 0 amide bonds. The smallest absolute Gasteiger partial charge is 0.0548 e. The average molecular weight is 317 g/mol. The van der Waals surface area contributed by atoms with Crippen LogP contribution in [0.15, 0.2) is 22.7 Å². The molecule has 0 spiro atoms. The summed E-state index contributed by atoms with van der Waals surface area (Å²) in [5.74, 6) is 1.80. The Morgan fingerprint density at radius 1 is 1.41 bits per heavy atom. The van der Waals surface area contributed by atoms with Gasteiger partial charge in [-0.15, -0.1) is 0 Å². The maximum atomic E-state index is 5.97. The monoisotopic (exact) mass is 315 g/mol. The van der Waals surface area contributed by atoms with E-state index >= 15 is 0 Å². The third-order valence-corrected chi connectivity index (χ3v) is 4.76. The van der Waals surface area contributed by atoms with Crippen molar-refractivity contribution in [3.63, 3.8) is 0 Å². The van der Waals surface area contributed by atoms with E-state index < -0.39 is 0 Å². The van der Waals surface area contributed by atoms with E-state index in [2.05, 4.69) is 40.3 Å². The summed E-state index contributed by atoms with van der Waals surface area (Å²) in [6.07, 6.45) is 4.18. The van der Waals surface area contributed by atoms with Gasteiger partial charge in [0.1, 0.15) is 0 Å². The van der Waals surface area contributed by atoms with Crippen LogP contribution in [0.3, 0.4) is 0 Å². The van der Waals surface area contributed by atoms with Gasteiger partial charge in [0.15, 0.2) is 0 Å². The van der Waals surface area contributed by atoms with E-state index in [0.717, 1.165) is 34.4 Å². The molecule has 0 saturated heterocycles. The van der Waals surface area contributed by atoms with Gasteiger partial charge < -0.3 is 5.32 Å². The molecule has 1 aromatic carbocycles. The van der Waals surface area contributed by atoms with Crippen molar-refractivity contribution < 1.29 is 0 Å². The number of hydrogen-bond donors (Lipinski definition) is 1. The molecule has 1 saturated carbocycles. The molecule has 2 rings (SSSR count). The first-order valence-electron chi connectivity index (χ1n) is 6.30. The second-order valence-corrected chi connectivity index (χ2v) is 6.43. The lowest BCUT2D eigenvalue weighted by atomic mass is 10.1. The molecule has 0 aliphatic heterocycles. The second kappa shape index (κ2) is 6.21. The molecule has 17 heavy (non-hydrogen) atoms. The third kappa shape index (κ3) is 3.97. The predicted octanol–water partition coefficient (Wildman–Crippen LogP) is 4.63. The summed E-state index contributed by atoms with van der Waals surface area (Å²) in [7, 11) is 0. The van der Waals surface area contributed by atoms with E-state index in [1.54, 1.807) is 0 Å². The van der Waals surface area contributed by atoms with Crippen LogP contribution in [-0.2, 0) is 6.54 Å². The minimum absolute atomic E-state index is 0.776. The first-order chi connectivity index (χ1) is 8.15. The van der Waals surface area contributed by atoms with E-state index in [-0.39, 0.29) is 0 Å². The van der Waals surface area contributed by atoms with Crippen LogP contribution in [0.5, 0.6) is 0 Å². The van der Waals surface area contributed by atoms with Gasteiger partial charge in [-0.05, 0) is 64.8 Å². The maximum absolute atomic E-state index is 5.97. The van der Waals surface area contributed by atoms with Gasteiger partial charge in [0, 0.05) is 11.0 Å². The van der Waals surface area contributed by atoms with E-state index in [1.165, 1.54) is 24.8 Å². The normalized spacial score (nSPS) is 24.2. The molecule has 2 atom stereocenters. The Kier molecular flexibility index (Phi) is 4.89. The first kappa shape index (κ1) is 13.4. The molecule has 1 aliphatic carbocycles. The largest absolute Gasteiger partial charge is 0.312 e. The fourth-order valence-electron chi connectivity index (χ4n) is 2.58. The van der Waals surface area contributed by atoms with Gasteiger partial charge in [-0.2, -0.15) is 0 Å². The molecule has 1 N–H and O–H groups in total. The quantitative estimate of drug-likeness (QED) is 0.854. The Labute approximate surface area is 117 Å². The minimum Gasteiger partial charge on any atom is -0.312 e. The van der Waals surface area contributed by atoms with Gasteiger partial charge in [0.05, 0.1) is 5.02 Å². The second-order valence-electron chi connectivity index (χ2n) is 5.16. The van der Waals surface area contributed by atoms with Crippen LogP contribution in [0.4, 0.5) is 0 Å². The van der Waals surface area contributed by atoms with Gasteiger partial charge in [0.25, 0.3) is 0 Å². The lowest BCUT2D eigenvalue weighted by Crippen LogP contribution is -2.20. The fraction of sp³-hybridized carbons (Fsp3) is 0.571. The van der Waals surface area contributed by atoms with Gasteiger partial charge in [-0.1, -0.05) is 31.0 Å². The Balaban J connectivity index is 1.76. The predicted molar refractivity (Wildman–Crippen MR) is 77.4 cm³/mol. The summed E-state index contributed by atoms with van der Waals surface area (Å²) in [5, 5.41) is 4.32. The van der Waals surface area contributed by atoms with Crippen molar-refractivity contribution in [1.82, 2.24) is 5.32 Å². The van der Waals surface area contributed by atoms with Crippen LogP contribution >= 0.6 is 27.5 Å². The summed E-state index contributed by atoms with van der Waals surface area (Å²) in [6.45, 7) is 4.43. The van der Waals surface area contributed by atoms with Gasteiger partial charge in [-0.3, -0.25) is 0 Å². The molecule has 1 aliphatic rings. The van der Waals surface area contributed by atoms with Crippen LogP contribution in [0.1, 0.15) is 31.7 Å². The summed E-state index contributed by atoms with van der Waals surface area (Å²) in [5.41, 5.74) is 1.28. The van der Waals surface area contributed by atoms with Crippen molar-refractivity contribution in [2.45, 2.75) is 32.7 Å². The van der Waals surface area contributed by atoms with E-state index in [1.807, 2.05) is 6.07 Å². The van der Waals surface area contributed by atoms with Crippen molar-refractivity contribution in [2.24, 2.45) is 11.8 Å². The molecular formula is C14H19BrClN. The molecule has 2 unspecified atom stereocenters. The highest BCUT2D eigenvalue weighted by molar-refractivity contribution is 9.10. The van der Waals surface area contributed by atoms with E-state index in [9.17, 15) is 0 Å². The lowest BCUT2D eigenvalue weighted by Gasteiger charge is -2.11. The first-order valence-corrected chi connectivity index (χ1v) is 7.47. The van der Waals surface area contributed by atoms with Crippen LogP contribution in [0, 0.1) is 11.8 Å². The Bertz CT molecular complexity index is 380. The zero-order chi connectivity index (χ0) is 12.3. The Morgan fingerprint density at radius 2 is 2.24 bits per heavy atom. The van der Waals surface area contributed by atoms with Crippen LogP contribution < -0.4 is 5.32 Å². The molecule has 1 nitrogen and oxygen atoms in total. The third-order valence-electron chi connectivity index (χ3n) is 3.55. The molecule has 94 valence electrons. The number of halogens is 2. The average Bonchev–Trinajstić information content (AvgIpc) is 2.70. The molecule has 0 radical (unpaired) electrons. The molecule has 1 fully saturated rings. The number of benzene rings is 1. The van der Waals surface area contributed by atoms with Crippen molar-refractivity contribution in [3.05, 3.63) is 33.3 Å². The zero-order valence-corrected chi connectivity index (χ0v) is 12.5. The van der Waals surface area contributed by atoms with E-state index in [4.69, 9.17) is 11.6 Å². The standard InChI is InChI=1S/C14H19BrClN/c1-10-2-3-11(6-10)8-17-9-12-4-5-14(16)13(15)7-12/h4-5,7,10-11,17H,2-3,6,8-9H2,1H3. The molecule has 0 heterocycles.